The van der Waals surface area contributed by atoms with E-state index in [0.29, 0.717) is 10.0 Å². The van der Waals surface area contributed by atoms with Crippen LogP contribution in [0.3, 0.4) is 0 Å². The summed E-state index contributed by atoms with van der Waals surface area (Å²) < 4.78 is 1.59. The fraction of sp³-hybridized carbons (Fsp3) is 0.0909. The van der Waals surface area contributed by atoms with E-state index < -0.39 is 6.10 Å². The Bertz CT molecular complexity index is 537. The third kappa shape index (κ3) is 3.06. The van der Waals surface area contributed by atoms with Gasteiger partial charge in [-0.15, -0.1) is 11.3 Å². The molecule has 1 nitrogen and oxygen atoms in total. The van der Waals surface area contributed by atoms with Crippen molar-refractivity contribution in [3.63, 3.8) is 0 Å². The van der Waals surface area contributed by atoms with Crippen LogP contribution in [0.2, 0.25) is 10.0 Å². The second-order valence-electron chi connectivity index (χ2n) is 3.34. The highest BCUT2D eigenvalue weighted by Crippen LogP contribution is 2.39. The van der Waals surface area contributed by atoms with Gasteiger partial charge in [0.05, 0.1) is 8.81 Å². The Balaban J connectivity index is 2.39. The van der Waals surface area contributed by atoms with Gasteiger partial charge in [-0.25, -0.2) is 0 Å². The fourth-order valence-corrected chi connectivity index (χ4v) is 4.03. The fourth-order valence-electron chi connectivity index (χ4n) is 1.37. The maximum Gasteiger partial charge on any atom is 0.114 e. The molecule has 0 aliphatic rings. The Hall–Kier alpha value is 0.420. The molecule has 0 aliphatic heterocycles. The predicted molar refractivity (Wildman–Crippen MR) is 80.2 cm³/mol. The van der Waals surface area contributed by atoms with E-state index in [9.17, 15) is 5.11 Å². The molecule has 1 heterocycles. The zero-order chi connectivity index (χ0) is 12.6. The van der Waals surface area contributed by atoms with Gasteiger partial charge in [0.2, 0.25) is 0 Å². The van der Waals surface area contributed by atoms with E-state index in [1.165, 1.54) is 11.3 Å². The van der Waals surface area contributed by atoms with Crippen LogP contribution in [0.25, 0.3) is 0 Å². The molecule has 1 aromatic carbocycles. The second kappa shape index (κ2) is 5.59. The Labute approximate surface area is 130 Å². The summed E-state index contributed by atoms with van der Waals surface area (Å²) in [4.78, 5) is 0.782. The van der Waals surface area contributed by atoms with Crippen LogP contribution in [-0.2, 0) is 0 Å². The van der Waals surface area contributed by atoms with E-state index in [-0.39, 0.29) is 0 Å². The van der Waals surface area contributed by atoms with Crippen LogP contribution in [0, 0.1) is 0 Å². The van der Waals surface area contributed by atoms with E-state index >= 15 is 0 Å². The molecule has 0 aliphatic carbocycles. The SMILES string of the molecule is OC(c1cc(Cl)c(Br)s1)c1ccc(Cl)cc1Br. The van der Waals surface area contributed by atoms with Crippen molar-refractivity contribution in [2.24, 2.45) is 0 Å². The highest BCUT2D eigenvalue weighted by atomic mass is 79.9. The minimum Gasteiger partial charge on any atom is -0.383 e. The lowest BCUT2D eigenvalue weighted by molar-refractivity contribution is 0.223. The summed E-state index contributed by atoms with van der Waals surface area (Å²) in [5.41, 5.74) is 0.764. The molecule has 0 amide bonds. The largest absolute Gasteiger partial charge is 0.383 e. The number of halogens is 4. The van der Waals surface area contributed by atoms with Crippen molar-refractivity contribution in [1.29, 1.82) is 0 Å². The average molecular weight is 417 g/mol. The minimum absolute atomic E-state index is 0.606. The number of thiophene rings is 1. The summed E-state index contributed by atoms with van der Waals surface area (Å²) in [6.07, 6.45) is -0.713. The Kier molecular flexibility index (Phi) is 4.55. The molecular formula is C11H6Br2Cl2OS. The smallest absolute Gasteiger partial charge is 0.114 e. The minimum atomic E-state index is -0.713. The lowest BCUT2D eigenvalue weighted by Gasteiger charge is -2.11. The second-order valence-corrected chi connectivity index (χ2v) is 7.44. The van der Waals surface area contributed by atoms with Crippen LogP contribution < -0.4 is 0 Å². The maximum atomic E-state index is 10.3. The van der Waals surface area contributed by atoms with Gasteiger partial charge in [0.25, 0.3) is 0 Å². The van der Waals surface area contributed by atoms with E-state index in [1.807, 2.05) is 0 Å². The van der Waals surface area contributed by atoms with Gasteiger partial charge >= 0.3 is 0 Å². The molecule has 90 valence electrons. The van der Waals surface area contributed by atoms with Crippen LogP contribution in [0.15, 0.2) is 32.5 Å². The first-order chi connectivity index (χ1) is 7.99. The number of aliphatic hydroxyl groups is 1. The molecule has 0 bridgehead atoms. The highest BCUT2D eigenvalue weighted by Gasteiger charge is 2.17. The molecule has 17 heavy (non-hydrogen) atoms. The third-order valence-electron chi connectivity index (χ3n) is 2.19. The highest BCUT2D eigenvalue weighted by molar-refractivity contribution is 9.11. The first-order valence-electron chi connectivity index (χ1n) is 4.57. The molecule has 1 aromatic heterocycles. The number of benzene rings is 1. The predicted octanol–water partition coefficient (Wildman–Crippen LogP) is 5.66. The van der Waals surface area contributed by atoms with Crippen LogP contribution in [0.4, 0.5) is 0 Å². The average Bonchev–Trinajstić information content (AvgIpc) is 2.58. The van der Waals surface area contributed by atoms with Gasteiger partial charge in [-0.1, -0.05) is 45.2 Å². The molecule has 0 spiro atoms. The summed E-state index contributed by atoms with van der Waals surface area (Å²) in [7, 11) is 0. The van der Waals surface area contributed by atoms with Crippen molar-refractivity contribution in [2.45, 2.75) is 6.10 Å². The van der Waals surface area contributed by atoms with Crippen molar-refractivity contribution in [1.82, 2.24) is 0 Å². The summed E-state index contributed by atoms with van der Waals surface area (Å²) in [6, 6.07) is 7.04. The molecule has 6 heteroatoms. The van der Waals surface area contributed by atoms with E-state index in [1.54, 1.807) is 24.3 Å². The molecule has 1 unspecified atom stereocenters. The normalized spacial score (nSPS) is 12.8. The van der Waals surface area contributed by atoms with Crippen molar-refractivity contribution >= 4 is 66.4 Å². The molecule has 0 saturated carbocycles. The number of aliphatic hydroxyl groups excluding tert-OH is 1. The standard InChI is InChI=1S/C11H6Br2Cl2OS/c12-7-3-5(14)1-2-6(7)10(16)9-4-8(15)11(13)17-9/h1-4,10,16H. The van der Waals surface area contributed by atoms with E-state index in [4.69, 9.17) is 23.2 Å². The van der Waals surface area contributed by atoms with Crippen LogP contribution >= 0.6 is 66.4 Å². The Morgan fingerprint density at radius 1 is 1.18 bits per heavy atom. The quantitative estimate of drug-likeness (QED) is 0.669. The van der Waals surface area contributed by atoms with Gasteiger partial charge in [0.1, 0.15) is 6.10 Å². The molecule has 1 atom stereocenters. The van der Waals surface area contributed by atoms with Crippen molar-refractivity contribution < 1.29 is 5.11 Å². The molecule has 2 aromatic rings. The first-order valence-corrected chi connectivity index (χ1v) is 7.72. The van der Waals surface area contributed by atoms with Crippen molar-refractivity contribution in [3.8, 4) is 0 Å². The lowest BCUT2D eigenvalue weighted by Crippen LogP contribution is -1.97. The van der Waals surface area contributed by atoms with Crippen LogP contribution in [0.1, 0.15) is 16.5 Å². The molecule has 0 saturated heterocycles. The summed E-state index contributed by atoms with van der Waals surface area (Å²) in [6.45, 7) is 0. The van der Waals surface area contributed by atoms with Crippen molar-refractivity contribution in [2.75, 3.05) is 0 Å². The van der Waals surface area contributed by atoms with E-state index in [0.717, 1.165) is 18.7 Å². The monoisotopic (exact) mass is 414 g/mol. The summed E-state index contributed by atoms with van der Waals surface area (Å²) in [5, 5.41) is 11.5. The molecule has 0 radical (unpaired) electrons. The van der Waals surface area contributed by atoms with Gasteiger partial charge in [-0.3, -0.25) is 0 Å². The first kappa shape index (κ1) is 13.8. The number of hydrogen-bond acceptors (Lipinski definition) is 2. The maximum absolute atomic E-state index is 10.3. The summed E-state index contributed by atoms with van der Waals surface area (Å²) >= 11 is 19.9. The van der Waals surface area contributed by atoms with E-state index in [2.05, 4.69) is 31.9 Å². The molecule has 0 fully saturated rings. The van der Waals surface area contributed by atoms with Gasteiger partial charge in [-0.2, -0.15) is 0 Å². The zero-order valence-corrected chi connectivity index (χ0v) is 13.8. The molecule has 2 rings (SSSR count). The zero-order valence-electron chi connectivity index (χ0n) is 8.25. The van der Waals surface area contributed by atoms with Crippen molar-refractivity contribution in [3.05, 3.63) is 53.0 Å². The lowest BCUT2D eigenvalue weighted by atomic mass is 10.1. The number of rotatable bonds is 2. The number of hydrogen-bond donors (Lipinski definition) is 1. The van der Waals surface area contributed by atoms with Crippen LogP contribution in [0.5, 0.6) is 0 Å². The third-order valence-corrected chi connectivity index (χ3v) is 5.64. The summed E-state index contributed by atoms with van der Waals surface area (Å²) in [5.74, 6) is 0. The Morgan fingerprint density at radius 2 is 1.88 bits per heavy atom. The van der Waals surface area contributed by atoms with Gasteiger partial charge < -0.3 is 5.11 Å². The van der Waals surface area contributed by atoms with Gasteiger partial charge in [0.15, 0.2) is 0 Å². The Morgan fingerprint density at radius 3 is 2.41 bits per heavy atom. The molecule has 1 N–H and O–H groups in total. The molecular weight excluding hydrogens is 411 g/mol. The van der Waals surface area contributed by atoms with Gasteiger partial charge in [0, 0.05) is 19.9 Å². The van der Waals surface area contributed by atoms with Gasteiger partial charge in [-0.05, 0) is 34.1 Å². The topological polar surface area (TPSA) is 20.2 Å². The van der Waals surface area contributed by atoms with Crippen LogP contribution in [-0.4, -0.2) is 5.11 Å².